The van der Waals surface area contributed by atoms with E-state index in [0.717, 1.165) is 24.6 Å². The molecule has 0 atom stereocenters. The van der Waals surface area contributed by atoms with Gasteiger partial charge in [0.2, 0.25) is 0 Å². The van der Waals surface area contributed by atoms with Crippen molar-refractivity contribution in [2.45, 2.75) is 25.7 Å². The number of rotatable bonds is 6. The summed E-state index contributed by atoms with van der Waals surface area (Å²) in [4.78, 5) is 11.6. The van der Waals surface area contributed by atoms with Gasteiger partial charge in [0, 0.05) is 17.3 Å². The van der Waals surface area contributed by atoms with E-state index in [0.29, 0.717) is 12.0 Å². The summed E-state index contributed by atoms with van der Waals surface area (Å²) >= 11 is 8.87. The van der Waals surface area contributed by atoms with Gasteiger partial charge in [-0.05, 0) is 31.0 Å². The van der Waals surface area contributed by atoms with Crippen LogP contribution < -0.4 is 0 Å². The second-order valence-electron chi connectivity index (χ2n) is 3.55. The van der Waals surface area contributed by atoms with Crippen LogP contribution >= 0.6 is 27.5 Å². The Kier molecular flexibility index (Phi) is 5.99. The van der Waals surface area contributed by atoms with Gasteiger partial charge in [-0.25, -0.2) is 4.39 Å². The molecule has 0 aromatic heterocycles. The molecule has 1 rings (SSSR count). The summed E-state index contributed by atoms with van der Waals surface area (Å²) in [5, 5.41) is 1.01. The van der Waals surface area contributed by atoms with E-state index < -0.39 is 5.82 Å². The van der Waals surface area contributed by atoms with Gasteiger partial charge in [0.1, 0.15) is 5.82 Å². The highest BCUT2D eigenvalue weighted by Crippen LogP contribution is 2.17. The van der Waals surface area contributed by atoms with Crippen LogP contribution in [0.4, 0.5) is 4.39 Å². The Morgan fingerprint density at radius 3 is 2.69 bits per heavy atom. The Morgan fingerprint density at radius 1 is 1.31 bits per heavy atom. The summed E-state index contributed by atoms with van der Waals surface area (Å²) in [7, 11) is 0. The van der Waals surface area contributed by atoms with Gasteiger partial charge in [-0.3, -0.25) is 4.79 Å². The third-order valence-electron chi connectivity index (χ3n) is 2.28. The van der Waals surface area contributed by atoms with Crippen LogP contribution in [0, 0.1) is 5.82 Å². The van der Waals surface area contributed by atoms with Crippen molar-refractivity contribution in [3.8, 4) is 0 Å². The fourth-order valence-corrected chi connectivity index (χ4v) is 1.88. The van der Waals surface area contributed by atoms with Crippen LogP contribution in [-0.2, 0) is 0 Å². The van der Waals surface area contributed by atoms with E-state index in [-0.39, 0.29) is 10.8 Å². The van der Waals surface area contributed by atoms with Gasteiger partial charge in [-0.15, -0.1) is 0 Å². The van der Waals surface area contributed by atoms with Crippen molar-refractivity contribution in [3.05, 3.63) is 34.6 Å². The quantitative estimate of drug-likeness (QED) is 0.426. The molecular formula is C12H13BrClFO. The van der Waals surface area contributed by atoms with Gasteiger partial charge < -0.3 is 0 Å². The highest BCUT2D eigenvalue weighted by molar-refractivity contribution is 9.09. The number of alkyl halides is 1. The van der Waals surface area contributed by atoms with Crippen LogP contribution in [0.5, 0.6) is 0 Å². The molecule has 1 aromatic rings. The first kappa shape index (κ1) is 13.7. The van der Waals surface area contributed by atoms with Gasteiger partial charge in [0.15, 0.2) is 5.78 Å². The zero-order chi connectivity index (χ0) is 12.0. The van der Waals surface area contributed by atoms with Crippen LogP contribution in [0.2, 0.25) is 5.02 Å². The predicted molar refractivity (Wildman–Crippen MR) is 68.0 cm³/mol. The number of unbranched alkanes of at least 4 members (excludes halogenated alkanes) is 2. The van der Waals surface area contributed by atoms with E-state index in [1.165, 1.54) is 12.1 Å². The van der Waals surface area contributed by atoms with Crippen molar-refractivity contribution in [2.24, 2.45) is 0 Å². The van der Waals surface area contributed by atoms with Crippen molar-refractivity contribution >= 4 is 33.3 Å². The van der Waals surface area contributed by atoms with E-state index in [9.17, 15) is 9.18 Å². The molecule has 0 aliphatic heterocycles. The molecule has 0 N–H and O–H groups in total. The second-order valence-corrected chi connectivity index (χ2v) is 4.75. The van der Waals surface area contributed by atoms with E-state index in [4.69, 9.17) is 11.6 Å². The molecule has 0 heterocycles. The average Bonchev–Trinajstić information content (AvgIpc) is 2.28. The summed E-state index contributed by atoms with van der Waals surface area (Å²) < 4.78 is 13.1. The van der Waals surface area contributed by atoms with E-state index in [1.54, 1.807) is 6.07 Å². The molecule has 0 saturated carbocycles. The van der Waals surface area contributed by atoms with Crippen molar-refractivity contribution < 1.29 is 9.18 Å². The van der Waals surface area contributed by atoms with E-state index in [1.807, 2.05) is 0 Å². The fourth-order valence-electron chi connectivity index (χ4n) is 1.37. The normalized spacial score (nSPS) is 10.4. The summed E-state index contributed by atoms with van der Waals surface area (Å²) in [5.41, 5.74) is 0.403. The van der Waals surface area contributed by atoms with Gasteiger partial charge in [-0.2, -0.15) is 0 Å². The molecule has 0 unspecified atom stereocenters. The van der Waals surface area contributed by atoms with E-state index in [2.05, 4.69) is 15.9 Å². The van der Waals surface area contributed by atoms with Crippen molar-refractivity contribution in [1.82, 2.24) is 0 Å². The van der Waals surface area contributed by atoms with Gasteiger partial charge in [0.05, 0.1) is 5.02 Å². The van der Waals surface area contributed by atoms with Crippen molar-refractivity contribution in [2.75, 3.05) is 5.33 Å². The molecule has 0 amide bonds. The number of carbonyl (C=O) groups is 1. The average molecular weight is 308 g/mol. The zero-order valence-corrected chi connectivity index (χ0v) is 11.2. The zero-order valence-electron chi connectivity index (χ0n) is 8.81. The third-order valence-corrected chi connectivity index (χ3v) is 3.15. The molecule has 0 fully saturated rings. The maximum atomic E-state index is 13.1. The molecule has 1 aromatic carbocycles. The monoisotopic (exact) mass is 306 g/mol. The topological polar surface area (TPSA) is 17.1 Å². The first-order chi connectivity index (χ1) is 7.65. The third kappa shape index (κ3) is 4.22. The molecular weight excluding hydrogens is 294 g/mol. The second kappa shape index (κ2) is 7.02. The minimum atomic E-state index is -0.534. The SMILES string of the molecule is O=C(CCCCCBr)c1ccc(Cl)c(F)c1. The standard InChI is InChI=1S/C12H13BrClFO/c13-7-3-1-2-4-12(16)9-5-6-10(14)11(15)8-9/h5-6,8H,1-4,7H2. The Bertz CT molecular complexity index is 368. The summed E-state index contributed by atoms with van der Waals surface area (Å²) in [6.45, 7) is 0. The lowest BCUT2D eigenvalue weighted by Gasteiger charge is -2.02. The first-order valence-electron chi connectivity index (χ1n) is 5.19. The summed E-state index contributed by atoms with van der Waals surface area (Å²) in [5.74, 6) is -0.557. The summed E-state index contributed by atoms with van der Waals surface area (Å²) in [6, 6.07) is 4.19. The molecule has 0 bridgehead atoms. The highest BCUT2D eigenvalue weighted by Gasteiger charge is 2.08. The molecule has 88 valence electrons. The molecule has 16 heavy (non-hydrogen) atoms. The molecule has 1 nitrogen and oxygen atoms in total. The van der Waals surface area contributed by atoms with Gasteiger partial charge in [0.25, 0.3) is 0 Å². The van der Waals surface area contributed by atoms with Crippen LogP contribution in [0.25, 0.3) is 0 Å². The van der Waals surface area contributed by atoms with Crippen LogP contribution in [-0.4, -0.2) is 11.1 Å². The largest absolute Gasteiger partial charge is 0.294 e. The minimum Gasteiger partial charge on any atom is -0.294 e. The number of hydrogen-bond acceptors (Lipinski definition) is 1. The Labute approximate surface area is 108 Å². The lowest BCUT2D eigenvalue weighted by molar-refractivity contribution is 0.0979. The Hall–Kier alpha value is -0.410. The Balaban J connectivity index is 2.50. The van der Waals surface area contributed by atoms with Gasteiger partial charge in [-0.1, -0.05) is 34.0 Å². The van der Waals surface area contributed by atoms with Gasteiger partial charge >= 0.3 is 0 Å². The highest BCUT2D eigenvalue weighted by atomic mass is 79.9. The van der Waals surface area contributed by atoms with Crippen LogP contribution in [0.15, 0.2) is 18.2 Å². The van der Waals surface area contributed by atoms with Crippen molar-refractivity contribution in [1.29, 1.82) is 0 Å². The lowest BCUT2D eigenvalue weighted by Crippen LogP contribution is -1.99. The fraction of sp³-hybridized carbons (Fsp3) is 0.417. The smallest absolute Gasteiger partial charge is 0.162 e. The van der Waals surface area contributed by atoms with Crippen molar-refractivity contribution in [3.63, 3.8) is 0 Å². The Morgan fingerprint density at radius 2 is 2.06 bits per heavy atom. The predicted octanol–water partition coefficient (Wildman–Crippen LogP) is 4.62. The number of halogens is 3. The number of benzene rings is 1. The maximum Gasteiger partial charge on any atom is 0.162 e. The molecule has 0 saturated heterocycles. The lowest BCUT2D eigenvalue weighted by atomic mass is 10.0. The van der Waals surface area contributed by atoms with E-state index >= 15 is 0 Å². The number of carbonyl (C=O) groups excluding carboxylic acids is 1. The number of hydrogen-bond donors (Lipinski definition) is 0. The number of ketones is 1. The molecule has 4 heteroatoms. The molecule has 0 aliphatic carbocycles. The molecule has 0 aliphatic rings. The first-order valence-corrected chi connectivity index (χ1v) is 6.69. The maximum absolute atomic E-state index is 13.1. The molecule has 0 radical (unpaired) electrons. The minimum absolute atomic E-state index is 0.0230. The summed E-state index contributed by atoms with van der Waals surface area (Å²) in [6.07, 6.45) is 3.37. The van der Waals surface area contributed by atoms with Crippen LogP contribution in [0.1, 0.15) is 36.0 Å². The molecule has 0 spiro atoms. The number of Topliss-reactive ketones (excluding diaryl/α,β-unsaturated/α-hetero) is 1. The van der Waals surface area contributed by atoms with Crippen LogP contribution in [0.3, 0.4) is 0 Å².